The van der Waals surface area contributed by atoms with Crippen molar-refractivity contribution >= 4 is 28.4 Å². The first-order valence-electron chi connectivity index (χ1n) is 24.0. The number of pyridine rings is 1. The molecule has 17 nitrogen and oxygen atoms in total. The summed E-state index contributed by atoms with van der Waals surface area (Å²) in [5.41, 5.74) is -4.24. The molecule has 3 aliphatic rings. The van der Waals surface area contributed by atoms with Gasteiger partial charge < -0.3 is 64.2 Å². The van der Waals surface area contributed by atoms with Gasteiger partial charge in [0.1, 0.15) is 29.7 Å². The molecule has 3 saturated heterocycles. The third-order valence-corrected chi connectivity index (χ3v) is 14.2. The van der Waals surface area contributed by atoms with Crippen LogP contribution in [0, 0.1) is 17.8 Å². The summed E-state index contributed by atoms with van der Waals surface area (Å²) < 4.78 is 37.3. The minimum atomic E-state index is -2.20. The second-order valence-corrected chi connectivity index (χ2v) is 19.7. The number of rotatable bonds is 12. The van der Waals surface area contributed by atoms with E-state index in [0.717, 1.165) is 16.3 Å². The molecule has 0 spiro atoms. The number of aromatic nitrogens is 1. The van der Waals surface area contributed by atoms with Crippen LogP contribution in [0.1, 0.15) is 113 Å². The first-order valence-corrected chi connectivity index (χ1v) is 24.0. The number of hydrogen-bond acceptors (Lipinski definition) is 16. The van der Waals surface area contributed by atoms with Crippen molar-refractivity contribution in [2.45, 2.75) is 198 Å². The monoisotopic (exact) mass is 948 g/mol. The van der Waals surface area contributed by atoms with Gasteiger partial charge in [0.2, 0.25) is 5.91 Å². The molecule has 0 saturated carbocycles. The summed E-state index contributed by atoms with van der Waals surface area (Å²) in [6, 6.07) is 7.40. The van der Waals surface area contributed by atoms with Crippen molar-refractivity contribution < 1.29 is 68.3 Å². The topological polar surface area (TPSA) is 236 Å². The van der Waals surface area contributed by atoms with Crippen LogP contribution in [0.2, 0.25) is 0 Å². The van der Waals surface area contributed by atoms with Gasteiger partial charge in [0.25, 0.3) is 0 Å². The molecular weight excluding hydrogens is 867 g/mol. The third-order valence-electron chi connectivity index (χ3n) is 14.2. The number of carbonyl (C=O) groups excluding carboxylic acids is 3. The molecule has 1 aromatic heterocycles. The Morgan fingerprint density at radius 2 is 1.58 bits per heavy atom. The quantitative estimate of drug-likeness (QED) is 0.166. The summed E-state index contributed by atoms with van der Waals surface area (Å²) in [7, 11) is 5.13. The average Bonchev–Trinajstić information content (AvgIpc) is 3.29. The molecule has 17 atom stereocenters. The lowest BCUT2D eigenvalue weighted by Gasteiger charge is -2.47. The summed E-state index contributed by atoms with van der Waals surface area (Å²) in [5, 5.41) is 63.6. The zero-order valence-corrected chi connectivity index (χ0v) is 42.0. The molecule has 5 rings (SSSR count). The average molecular weight is 948 g/mol. The zero-order chi connectivity index (χ0) is 50.2. The molecule has 2 aromatic rings. The van der Waals surface area contributed by atoms with Crippen molar-refractivity contribution in [3.8, 4) is 0 Å². The lowest BCUT2D eigenvalue weighted by molar-refractivity contribution is -0.308. The molecule has 4 heterocycles. The number of aryl methyl sites for hydroxylation is 1. The van der Waals surface area contributed by atoms with Gasteiger partial charge in [-0.05, 0) is 85.8 Å². The van der Waals surface area contributed by atoms with Crippen LogP contribution in [0.25, 0.3) is 10.8 Å². The van der Waals surface area contributed by atoms with Crippen molar-refractivity contribution in [1.29, 1.82) is 0 Å². The fourth-order valence-corrected chi connectivity index (χ4v) is 9.73. The molecule has 3 aliphatic heterocycles. The fourth-order valence-electron chi connectivity index (χ4n) is 9.73. The molecule has 380 valence electrons. The molecule has 1 amide bonds. The number of methoxy groups -OCH3 is 1. The van der Waals surface area contributed by atoms with E-state index < -0.39 is 102 Å². The van der Waals surface area contributed by atoms with E-state index in [-0.39, 0.29) is 56.7 Å². The number of hydrogen-bond donors (Lipinski definition) is 6. The Labute approximate surface area is 397 Å². The Morgan fingerprint density at radius 1 is 0.910 bits per heavy atom. The Morgan fingerprint density at radius 3 is 2.24 bits per heavy atom. The maximum absolute atomic E-state index is 14.5. The van der Waals surface area contributed by atoms with Crippen LogP contribution in [0.5, 0.6) is 0 Å². The normalized spacial score (nSPS) is 39.2. The summed E-state index contributed by atoms with van der Waals surface area (Å²) in [4.78, 5) is 48.1. The van der Waals surface area contributed by atoms with Gasteiger partial charge in [-0.1, -0.05) is 52.0 Å². The Kier molecular flexibility index (Phi) is 20.3. The smallest absolute Gasteiger partial charge is 0.311 e. The standard InChI is InChI=1S/C48H75N3O14.C2H6/c1-26-22-46(6,58)37(65-45-41(54)34(51(9)10)20-27(2)61-45)21-35(63-39-23-47(7,60-11)43(56)30(5)62-39)28(3)44(57)64-36(48(8,59)42(55)29(4)40(26)53)18-19-50-38(52)17-16-32-25-49-24-31-14-12-13-15-33(31)32;1-2/h12-15,24-30,34-37,39,41-43,45,54-56,58-59H,16-23H2,1-11H3,(H,50,52);1-2H3/t26-,27?,28-,29+,30?,34?,35+,36-,37-,39?,41?,42-,43?,45?,46-,47?,48-;/m1./s1. The van der Waals surface area contributed by atoms with Gasteiger partial charge in [-0.25, -0.2) is 0 Å². The van der Waals surface area contributed by atoms with Crippen molar-refractivity contribution in [2.24, 2.45) is 17.8 Å². The number of nitrogens with zero attached hydrogens (tertiary/aromatic N) is 2. The number of carbonyl (C=O) groups is 3. The van der Waals surface area contributed by atoms with Gasteiger partial charge in [0.15, 0.2) is 12.6 Å². The van der Waals surface area contributed by atoms with E-state index in [9.17, 15) is 39.9 Å². The number of Topliss-reactive ketones (excluding diaryl/α,β-unsaturated/α-hetero) is 1. The van der Waals surface area contributed by atoms with Gasteiger partial charge >= 0.3 is 5.97 Å². The molecule has 3 fully saturated rings. The maximum Gasteiger partial charge on any atom is 0.311 e. The molecule has 17 heteroatoms. The number of aliphatic hydroxyl groups excluding tert-OH is 3. The largest absolute Gasteiger partial charge is 0.459 e. The van der Waals surface area contributed by atoms with Crippen LogP contribution in [0.3, 0.4) is 0 Å². The van der Waals surface area contributed by atoms with Gasteiger partial charge in [0.05, 0.1) is 47.6 Å². The number of ketones is 1. The molecule has 0 bridgehead atoms. The van der Waals surface area contributed by atoms with Gasteiger partial charge in [0, 0.05) is 75.0 Å². The molecule has 1 aromatic carbocycles. The van der Waals surface area contributed by atoms with E-state index in [2.05, 4.69) is 10.3 Å². The summed E-state index contributed by atoms with van der Waals surface area (Å²) in [6.07, 6.45) is -7.06. The molecule has 8 unspecified atom stereocenters. The second-order valence-electron chi connectivity index (χ2n) is 19.7. The number of fused-ring (bicyclic) bond motifs is 1. The van der Waals surface area contributed by atoms with E-state index in [1.54, 1.807) is 40.1 Å². The summed E-state index contributed by atoms with van der Waals surface area (Å²) >= 11 is 0. The lowest BCUT2D eigenvalue weighted by Crippen LogP contribution is -2.59. The van der Waals surface area contributed by atoms with Crippen LogP contribution >= 0.6 is 0 Å². The Hall–Kier alpha value is -3.20. The van der Waals surface area contributed by atoms with Crippen molar-refractivity contribution in [3.63, 3.8) is 0 Å². The van der Waals surface area contributed by atoms with Crippen molar-refractivity contribution in [1.82, 2.24) is 15.2 Å². The van der Waals surface area contributed by atoms with Gasteiger partial charge in [-0.3, -0.25) is 19.4 Å². The molecule has 6 N–H and O–H groups in total. The highest BCUT2D eigenvalue weighted by Gasteiger charge is 2.52. The highest BCUT2D eigenvalue weighted by Crippen LogP contribution is 2.39. The first kappa shape index (κ1) is 56.4. The minimum Gasteiger partial charge on any atom is -0.459 e. The van der Waals surface area contributed by atoms with Crippen LogP contribution in [-0.2, 0) is 49.2 Å². The Balaban J connectivity index is 0.00000483. The number of ether oxygens (including phenoxy) is 6. The first-order chi connectivity index (χ1) is 31.4. The van der Waals surface area contributed by atoms with Crippen LogP contribution in [-0.4, -0.2) is 165 Å². The minimum absolute atomic E-state index is 0.0470. The fraction of sp³-hybridized carbons (Fsp3) is 0.760. The third kappa shape index (κ3) is 13.8. The van der Waals surface area contributed by atoms with E-state index in [1.165, 1.54) is 27.9 Å². The number of nitrogens with one attached hydrogen (secondary N) is 1. The van der Waals surface area contributed by atoms with Gasteiger partial charge in [-0.2, -0.15) is 0 Å². The highest BCUT2D eigenvalue weighted by molar-refractivity contribution is 5.85. The van der Waals surface area contributed by atoms with E-state index >= 15 is 0 Å². The molecule has 67 heavy (non-hydrogen) atoms. The zero-order valence-electron chi connectivity index (χ0n) is 42.0. The number of aliphatic hydroxyl groups is 5. The van der Waals surface area contributed by atoms with Gasteiger partial charge in [-0.15, -0.1) is 0 Å². The number of esters is 1. The predicted molar refractivity (Wildman–Crippen MR) is 250 cm³/mol. The molecular formula is C50H81N3O14. The van der Waals surface area contributed by atoms with Crippen molar-refractivity contribution in [3.05, 3.63) is 42.2 Å². The molecule has 0 aliphatic carbocycles. The van der Waals surface area contributed by atoms with E-state index in [1.807, 2.05) is 64.0 Å². The second kappa shape index (κ2) is 24.1. The number of likely N-dealkylation sites (N-methyl/N-ethyl adjacent to an activating group) is 1. The lowest BCUT2D eigenvalue weighted by atomic mass is 9.76. The predicted octanol–water partition coefficient (Wildman–Crippen LogP) is 3.84. The maximum atomic E-state index is 14.5. The van der Waals surface area contributed by atoms with E-state index in [0.29, 0.717) is 12.8 Å². The van der Waals surface area contributed by atoms with Crippen LogP contribution in [0.4, 0.5) is 0 Å². The van der Waals surface area contributed by atoms with E-state index in [4.69, 9.17) is 28.4 Å². The summed E-state index contributed by atoms with van der Waals surface area (Å²) in [6.45, 7) is 16.6. The number of benzene rings is 1. The van der Waals surface area contributed by atoms with Crippen molar-refractivity contribution in [2.75, 3.05) is 27.7 Å². The summed E-state index contributed by atoms with van der Waals surface area (Å²) in [5.74, 6) is -4.90. The number of amides is 1. The van der Waals surface area contributed by atoms with Crippen LogP contribution < -0.4 is 5.32 Å². The number of cyclic esters (lactones) is 1. The molecule has 0 radical (unpaired) electrons. The highest BCUT2D eigenvalue weighted by atomic mass is 16.7. The Bertz CT molecular complexity index is 1910. The van der Waals surface area contributed by atoms with Crippen LogP contribution in [0.15, 0.2) is 36.7 Å². The SMILES string of the molecule is CC.COC1(C)CC(O[C@H]2C[C@@H](OC3OC(C)CC(N(C)C)C3O)[C@](C)(O)C[C@@H](C)C(=O)[C@H](C)[C@@H](O)[C@](C)(O)[C@@H](CCNC(=O)CCc3cncc4ccccc34)OC(=O)[C@@H]2C)OC(C)C1O.